The van der Waals surface area contributed by atoms with Gasteiger partial charge in [-0.1, -0.05) is 0 Å². The van der Waals surface area contributed by atoms with Crippen molar-refractivity contribution in [2.45, 2.75) is 37.5 Å². The van der Waals surface area contributed by atoms with Gasteiger partial charge in [0.05, 0.1) is 17.5 Å². The molecule has 2 aliphatic rings. The van der Waals surface area contributed by atoms with E-state index in [9.17, 15) is 18.0 Å². The fourth-order valence-electron chi connectivity index (χ4n) is 4.73. The van der Waals surface area contributed by atoms with Crippen molar-refractivity contribution in [3.05, 3.63) is 47.4 Å². The number of anilines is 1. The van der Waals surface area contributed by atoms with Crippen LogP contribution in [0.1, 0.15) is 52.7 Å². The van der Waals surface area contributed by atoms with Crippen LogP contribution in [0, 0.1) is 0 Å². The first-order valence-corrected chi connectivity index (χ1v) is 11.1. The zero-order valence-electron chi connectivity index (χ0n) is 18.3. The molecular formula is C23H24F3N5O3. The number of likely N-dealkylation sites (tertiary alicyclic amines) is 1. The van der Waals surface area contributed by atoms with Gasteiger partial charge in [-0.25, -0.2) is 9.97 Å². The summed E-state index contributed by atoms with van der Waals surface area (Å²) in [5, 5.41) is 0. The average Bonchev–Trinajstić information content (AvgIpc) is 3.45. The number of carbonyl (C=O) groups is 1. The summed E-state index contributed by atoms with van der Waals surface area (Å²) in [5.41, 5.74) is 9.45. The van der Waals surface area contributed by atoms with Crippen LogP contribution in [0.25, 0.3) is 11.2 Å². The Morgan fingerprint density at radius 3 is 2.74 bits per heavy atom. The van der Waals surface area contributed by atoms with E-state index < -0.39 is 12.1 Å². The number of carbonyl (C=O) groups excluding carboxylic acids is 1. The number of alkyl halides is 3. The van der Waals surface area contributed by atoms with Crippen molar-refractivity contribution in [1.29, 1.82) is 0 Å². The fraction of sp³-hybridized carbons (Fsp3) is 0.435. The topological polar surface area (TPSA) is 106 Å². The lowest BCUT2D eigenvalue weighted by atomic mass is 9.96. The molecule has 0 aliphatic carbocycles. The number of nitrogens with one attached hydrogen (secondary N) is 1. The van der Waals surface area contributed by atoms with Crippen LogP contribution in [-0.4, -0.2) is 58.4 Å². The third kappa shape index (κ3) is 4.52. The van der Waals surface area contributed by atoms with Gasteiger partial charge in [0.25, 0.3) is 5.91 Å². The van der Waals surface area contributed by atoms with Crippen molar-refractivity contribution in [1.82, 2.24) is 19.9 Å². The van der Waals surface area contributed by atoms with Gasteiger partial charge in [-0.15, -0.1) is 13.2 Å². The van der Waals surface area contributed by atoms with E-state index in [1.54, 1.807) is 4.90 Å². The minimum Gasteiger partial charge on any atom is -0.406 e. The quantitative estimate of drug-likeness (QED) is 0.554. The fourth-order valence-corrected chi connectivity index (χ4v) is 4.73. The number of nitrogen functional groups attached to an aromatic ring is 1. The Kier molecular flexibility index (Phi) is 5.80. The lowest BCUT2D eigenvalue weighted by Gasteiger charge is -2.21. The Balaban J connectivity index is 1.32. The second kappa shape index (κ2) is 8.79. The normalized spacial score (nSPS) is 19.6. The van der Waals surface area contributed by atoms with Crippen LogP contribution in [0.4, 0.5) is 18.9 Å². The molecule has 3 aromatic rings. The average molecular weight is 475 g/mol. The Morgan fingerprint density at radius 2 is 2.00 bits per heavy atom. The van der Waals surface area contributed by atoms with Crippen LogP contribution in [0.3, 0.4) is 0 Å². The number of nitrogens with two attached hydrogens (primary N) is 1. The molecule has 2 fully saturated rings. The molecule has 0 saturated carbocycles. The van der Waals surface area contributed by atoms with E-state index in [0.29, 0.717) is 24.7 Å². The van der Waals surface area contributed by atoms with Gasteiger partial charge in [0.15, 0.2) is 5.65 Å². The lowest BCUT2D eigenvalue weighted by molar-refractivity contribution is -0.274. The summed E-state index contributed by atoms with van der Waals surface area (Å²) in [4.78, 5) is 27.3. The number of ether oxygens (including phenoxy) is 2. The van der Waals surface area contributed by atoms with Crippen molar-refractivity contribution >= 4 is 22.8 Å². The highest BCUT2D eigenvalue weighted by Gasteiger charge is 2.33. The molecule has 2 saturated heterocycles. The number of aromatic nitrogens is 3. The van der Waals surface area contributed by atoms with Gasteiger partial charge in [-0.3, -0.25) is 4.79 Å². The van der Waals surface area contributed by atoms with Crippen LogP contribution in [0.5, 0.6) is 5.75 Å². The Morgan fingerprint density at radius 1 is 1.21 bits per heavy atom. The molecule has 3 N–H and O–H groups in total. The number of halogens is 3. The highest BCUT2D eigenvalue weighted by atomic mass is 19.4. The van der Waals surface area contributed by atoms with Gasteiger partial charge in [0.1, 0.15) is 11.3 Å². The second-order valence-electron chi connectivity index (χ2n) is 8.66. The molecule has 1 atom stereocenters. The number of hydrogen-bond acceptors (Lipinski definition) is 6. The Labute approximate surface area is 193 Å². The molecule has 11 heteroatoms. The molecule has 0 radical (unpaired) electrons. The first-order valence-electron chi connectivity index (χ1n) is 11.1. The molecule has 0 spiro atoms. The van der Waals surface area contributed by atoms with Gasteiger partial charge in [-0.05, 0) is 31.4 Å². The molecule has 0 bridgehead atoms. The van der Waals surface area contributed by atoms with E-state index in [0.717, 1.165) is 61.4 Å². The van der Waals surface area contributed by atoms with Crippen LogP contribution in [0.2, 0.25) is 0 Å². The number of H-pyrrole nitrogens is 1. The first-order chi connectivity index (χ1) is 16.3. The second-order valence-corrected chi connectivity index (χ2v) is 8.66. The van der Waals surface area contributed by atoms with E-state index in [4.69, 9.17) is 15.5 Å². The van der Waals surface area contributed by atoms with E-state index in [1.165, 1.54) is 6.07 Å². The summed E-state index contributed by atoms with van der Waals surface area (Å²) in [6.45, 7) is 2.39. The van der Waals surface area contributed by atoms with Crippen molar-refractivity contribution < 1.29 is 27.4 Å². The van der Waals surface area contributed by atoms with Crippen LogP contribution in [-0.2, 0) is 4.74 Å². The molecule has 1 aromatic carbocycles. The largest absolute Gasteiger partial charge is 0.573 e. The number of aromatic amines is 1. The maximum Gasteiger partial charge on any atom is 0.573 e. The molecule has 4 heterocycles. The number of benzene rings is 1. The van der Waals surface area contributed by atoms with E-state index in [-0.39, 0.29) is 23.1 Å². The molecule has 8 nitrogen and oxygen atoms in total. The molecule has 2 aliphatic heterocycles. The van der Waals surface area contributed by atoms with Crippen molar-refractivity contribution in [2.24, 2.45) is 0 Å². The van der Waals surface area contributed by atoms with Crippen molar-refractivity contribution in [3.63, 3.8) is 0 Å². The lowest BCUT2D eigenvalue weighted by Crippen LogP contribution is -2.29. The van der Waals surface area contributed by atoms with E-state index >= 15 is 0 Å². The number of amides is 1. The molecule has 180 valence electrons. The number of fused-ring (bicyclic) bond motifs is 1. The molecule has 0 unspecified atom stereocenters. The minimum absolute atomic E-state index is 0.0609. The predicted octanol–water partition coefficient (Wildman–Crippen LogP) is 3.96. The maximum atomic E-state index is 13.0. The van der Waals surface area contributed by atoms with Gasteiger partial charge in [0, 0.05) is 61.7 Å². The number of rotatable bonds is 4. The SMILES string of the molecule is Nc1cc(OC(F)(F)F)ccc1C(=O)N1CC[C@H](c2c[nH]c3ncc(C4CCOCC4)nc23)C1. The predicted molar refractivity (Wildman–Crippen MR) is 117 cm³/mol. The number of hydrogen-bond donors (Lipinski definition) is 2. The van der Waals surface area contributed by atoms with Crippen molar-refractivity contribution in [2.75, 3.05) is 32.0 Å². The molecule has 1 amide bonds. The summed E-state index contributed by atoms with van der Waals surface area (Å²) < 4.78 is 46.6. The summed E-state index contributed by atoms with van der Waals surface area (Å²) in [5.74, 6) is -0.403. The standard InChI is InChI=1S/C23H24F3N5O3/c24-23(25,26)34-15-1-2-16(18(27)9-15)22(32)31-6-3-14(12-31)17-10-28-21-20(17)30-19(11-29-21)13-4-7-33-8-5-13/h1-2,9-11,13-14H,3-8,12,27H2,(H,28,29)/t14-/m0/s1. The van der Waals surface area contributed by atoms with Crippen LogP contribution < -0.4 is 10.5 Å². The summed E-state index contributed by atoms with van der Waals surface area (Å²) in [6.07, 6.45) is 1.45. The van der Waals surface area contributed by atoms with Gasteiger partial charge in [-0.2, -0.15) is 0 Å². The highest BCUT2D eigenvalue weighted by molar-refractivity contribution is 5.99. The van der Waals surface area contributed by atoms with E-state index in [2.05, 4.69) is 14.7 Å². The Bertz CT molecular complexity index is 1210. The first kappa shape index (κ1) is 22.5. The number of nitrogens with zero attached hydrogens (tertiary/aromatic N) is 3. The smallest absolute Gasteiger partial charge is 0.406 e. The minimum atomic E-state index is -4.83. The third-order valence-corrected chi connectivity index (χ3v) is 6.47. The highest BCUT2D eigenvalue weighted by Crippen LogP contribution is 2.34. The molecule has 5 rings (SSSR count). The molecular weight excluding hydrogens is 451 g/mol. The van der Waals surface area contributed by atoms with Crippen LogP contribution >= 0.6 is 0 Å². The van der Waals surface area contributed by atoms with Gasteiger partial charge >= 0.3 is 6.36 Å². The summed E-state index contributed by atoms with van der Waals surface area (Å²) in [6, 6.07) is 3.38. The zero-order chi connectivity index (χ0) is 23.9. The van der Waals surface area contributed by atoms with Gasteiger partial charge in [0.2, 0.25) is 0 Å². The van der Waals surface area contributed by atoms with Gasteiger partial charge < -0.3 is 25.1 Å². The van der Waals surface area contributed by atoms with Crippen molar-refractivity contribution in [3.8, 4) is 5.75 Å². The summed E-state index contributed by atoms with van der Waals surface area (Å²) in [7, 11) is 0. The van der Waals surface area contributed by atoms with E-state index in [1.807, 2.05) is 12.4 Å². The third-order valence-electron chi connectivity index (χ3n) is 6.47. The monoisotopic (exact) mass is 475 g/mol. The molecule has 2 aromatic heterocycles. The summed E-state index contributed by atoms with van der Waals surface area (Å²) >= 11 is 0. The molecule has 34 heavy (non-hydrogen) atoms. The maximum absolute atomic E-state index is 13.0. The van der Waals surface area contributed by atoms with Crippen LogP contribution in [0.15, 0.2) is 30.6 Å². The Hall–Kier alpha value is -3.34. The zero-order valence-corrected chi connectivity index (χ0v) is 18.3.